The molecule has 1 heterocycles. The first-order valence-corrected chi connectivity index (χ1v) is 7.13. The first-order valence-electron chi connectivity index (χ1n) is 7.13. The Morgan fingerprint density at radius 1 is 1.11 bits per heavy atom. The van der Waals surface area contributed by atoms with E-state index < -0.39 is 5.97 Å². The van der Waals surface area contributed by atoms with Crippen molar-refractivity contribution in [3.8, 4) is 0 Å². The zero-order valence-corrected chi connectivity index (χ0v) is 10.7. The van der Waals surface area contributed by atoms with Gasteiger partial charge in [0.15, 0.2) is 5.69 Å². The SMILES string of the molecule is O=C(O)c1ncnnc1C1C2CC3CC(C2)CC1C3. The maximum atomic E-state index is 11.3. The number of carboxylic acid groups (broad SMARTS) is 1. The molecule has 0 aliphatic heterocycles. The van der Waals surface area contributed by atoms with E-state index in [0.717, 1.165) is 11.8 Å². The molecule has 0 unspecified atom stereocenters. The smallest absolute Gasteiger partial charge is 0.356 e. The first-order chi connectivity index (χ1) is 9.22. The van der Waals surface area contributed by atoms with Crippen LogP contribution in [0.1, 0.15) is 54.2 Å². The van der Waals surface area contributed by atoms with Gasteiger partial charge < -0.3 is 5.11 Å². The summed E-state index contributed by atoms with van der Waals surface area (Å²) in [6, 6.07) is 0. The maximum absolute atomic E-state index is 11.3. The average molecular weight is 259 g/mol. The average Bonchev–Trinajstić information content (AvgIpc) is 2.37. The Bertz CT molecular complexity index is 503. The fraction of sp³-hybridized carbons (Fsp3) is 0.714. The molecule has 4 bridgehead atoms. The number of carboxylic acids is 1. The molecule has 5 rings (SSSR count). The summed E-state index contributed by atoms with van der Waals surface area (Å²) in [6.45, 7) is 0. The van der Waals surface area contributed by atoms with Gasteiger partial charge in [0.2, 0.25) is 0 Å². The van der Waals surface area contributed by atoms with E-state index in [4.69, 9.17) is 0 Å². The van der Waals surface area contributed by atoms with E-state index in [9.17, 15) is 9.90 Å². The molecule has 4 aliphatic carbocycles. The second-order valence-electron chi connectivity index (χ2n) is 6.46. The van der Waals surface area contributed by atoms with E-state index in [1.54, 1.807) is 0 Å². The third kappa shape index (κ3) is 1.67. The van der Waals surface area contributed by atoms with Crippen LogP contribution in [0.15, 0.2) is 6.33 Å². The largest absolute Gasteiger partial charge is 0.476 e. The molecule has 4 saturated carbocycles. The van der Waals surface area contributed by atoms with Crippen LogP contribution < -0.4 is 0 Å². The third-order valence-electron chi connectivity index (χ3n) is 5.39. The lowest BCUT2D eigenvalue weighted by Gasteiger charge is -2.54. The predicted octanol–water partition coefficient (Wildman–Crippen LogP) is 2.11. The topological polar surface area (TPSA) is 76.0 Å². The molecule has 0 atom stereocenters. The molecule has 5 heteroatoms. The highest BCUT2D eigenvalue weighted by Gasteiger charge is 2.50. The van der Waals surface area contributed by atoms with Gasteiger partial charge in [0.25, 0.3) is 0 Å². The van der Waals surface area contributed by atoms with Gasteiger partial charge in [-0.3, -0.25) is 0 Å². The van der Waals surface area contributed by atoms with E-state index in [0.29, 0.717) is 17.5 Å². The molecule has 4 aliphatic rings. The van der Waals surface area contributed by atoms with Crippen LogP contribution in [-0.2, 0) is 0 Å². The van der Waals surface area contributed by atoms with Crippen molar-refractivity contribution in [2.75, 3.05) is 0 Å². The Labute approximate surface area is 111 Å². The summed E-state index contributed by atoms with van der Waals surface area (Å²) >= 11 is 0. The normalized spacial score (nSPS) is 39.5. The standard InChI is InChI=1S/C14H17N3O2/c18-14(19)13-12(17-16-6-15-13)11-9-2-7-1-8(4-9)5-10(11)3-7/h6-11H,1-5H2,(H,18,19). The molecule has 100 valence electrons. The Balaban J connectivity index is 1.75. The third-order valence-corrected chi connectivity index (χ3v) is 5.39. The van der Waals surface area contributed by atoms with Gasteiger partial charge >= 0.3 is 5.97 Å². The number of rotatable bonds is 2. The monoisotopic (exact) mass is 259 g/mol. The van der Waals surface area contributed by atoms with Gasteiger partial charge in [-0.25, -0.2) is 9.78 Å². The van der Waals surface area contributed by atoms with Gasteiger partial charge in [0.05, 0.1) is 5.69 Å². The molecular formula is C14H17N3O2. The van der Waals surface area contributed by atoms with Crippen molar-refractivity contribution < 1.29 is 9.90 Å². The molecule has 5 nitrogen and oxygen atoms in total. The molecule has 0 aromatic carbocycles. The van der Waals surface area contributed by atoms with Crippen LogP contribution in [0.4, 0.5) is 0 Å². The highest BCUT2D eigenvalue weighted by Crippen LogP contribution is 2.59. The second-order valence-corrected chi connectivity index (χ2v) is 6.46. The van der Waals surface area contributed by atoms with E-state index >= 15 is 0 Å². The summed E-state index contributed by atoms with van der Waals surface area (Å²) in [4.78, 5) is 15.3. The number of hydrogen-bond donors (Lipinski definition) is 1. The summed E-state index contributed by atoms with van der Waals surface area (Å²) in [5.41, 5.74) is 0.760. The number of aromatic carboxylic acids is 1. The molecular weight excluding hydrogens is 242 g/mol. The molecule has 19 heavy (non-hydrogen) atoms. The summed E-state index contributed by atoms with van der Waals surface area (Å²) in [5, 5.41) is 17.3. The van der Waals surface area contributed by atoms with Crippen molar-refractivity contribution in [3.05, 3.63) is 17.7 Å². The molecule has 0 saturated heterocycles. The first kappa shape index (κ1) is 11.3. The fourth-order valence-electron chi connectivity index (χ4n) is 5.05. The van der Waals surface area contributed by atoms with Gasteiger partial charge in [-0.05, 0) is 55.8 Å². The predicted molar refractivity (Wildman–Crippen MR) is 66.6 cm³/mol. The van der Waals surface area contributed by atoms with Crippen LogP contribution in [0.5, 0.6) is 0 Å². The van der Waals surface area contributed by atoms with Gasteiger partial charge in [0, 0.05) is 5.92 Å². The van der Waals surface area contributed by atoms with E-state index in [1.807, 2.05) is 0 Å². The highest BCUT2D eigenvalue weighted by molar-refractivity contribution is 5.86. The lowest BCUT2D eigenvalue weighted by molar-refractivity contribution is -0.00504. The van der Waals surface area contributed by atoms with Crippen LogP contribution >= 0.6 is 0 Å². The molecule has 0 spiro atoms. The second kappa shape index (κ2) is 3.99. The molecule has 4 fully saturated rings. The highest BCUT2D eigenvalue weighted by atomic mass is 16.4. The Kier molecular flexibility index (Phi) is 2.37. The zero-order valence-electron chi connectivity index (χ0n) is 10.7. The van der Waals surface area contributed by atoms with Gasteiger partial charge in [0.1, 0.15) is 6.33 Å². The van der Waals surface area contributed by atoms with Crippen LogP contribution in [0.3, 0.4) is 0 Å². The minimum atomic E-state index is -0.973. The Hall–Kier alpha value is -1.52. The quantitative estimate of drug-likeness (QED) is 0.880. The van der Waals surface area contributed by atoms with Gasteiger partial charge in [-0.15, -0.1) is 5.10 Å². The summed E-state index contributed by atoms with van der Waals surface area (Å²) in [6.07, 6.45) is 7.61. The lowest BCUT2D eigenvalue weighted by atomic mass is 9.51. The van der Waals surface area contributed by atoms with Gasteiger partial charge in [-0.2, -0.15) is 5.10 Å². The minimum absolute atomic E-state index is 0.118. The molecule has 0 radical (unpaired) electrons. The number of carbonyl (C=O) groups is 1. The molecule has 1 aromatic rings. The van der Waals surface area contributed by atoms with E-state index in [-0.39, 0.29) is 11.6 Å². The molecule has 1 N–H and O–H groups in total. The minimum Gasteiger partial charge on any atom is -0.476 e. The van der Waals surface area contributed by atoms with Crippen molar-refractivity contribution in [3.63, 3.8) is 0 Å². The summed E-state index contributed by atoms with van der Waals surface area (Å²) in [7, 11) is 0. The Morgan fingerprint density at radius 3 is 2.32 bits per heavy atom. The maximum Gasteiger partial charge on any atom is 0.356 e. The van der Waals surface area contributed by atoms with E-state index in [2.05, 4.69) is 15.2 Å². The summed E-state index contributed by atoms with van der Waals surface area (Å²) in [5.74, 6) is 2.26. The van der Waals surface area contributed by atoms with E-state index in [1.165, 1.54) is 38.4 Å². The lowest BCUT2D eigenvalue weighted by Crippen LogP contribution is -2.44. The van der Waals surface area contributed by atoms with Gasteiger partial charge in [-0.1, -0.05) is 0 Å². The van der Waals surface area contributed by atoms with Crippen LogP contribution in [0, 0.1) is 23.7 Å². The fourth-order valence-corrected chi connectivity index (χ4v) is 5.05. The van der Waals surface area contributed by atoms with Crippen LogP contribution in [0.2, 0.25) is 0 Å². The van der Waals surface area contributed by atoms with Crippen LogP contribution in [0.25, 0.3) is 0 Å². The number of nitrogens with zero attached hydrogens (tertiary/aromatic N) is 3. The van der Waals surface area contributed by atoms with Crippen molar-refractivity contribution in [2.24, 2.45) is 23.7 Å². The van der Waals surface area contributed by atoms with Crippen molar-refractivity contribution in [1.82, 2.24) is 15.2 Å². The molecule has 0 amide bonds. The van der Waals surface area contributed by atoms with Crippen molar-refractivity contribution in [1.29, 1.82) is 0 Å². The molecule has 1 aromatic heterocycles. The number of aromatic nitrogens is 3. The van der Waals surface area contributed by atoms with Crippen molar-refractivity contribution >= 4 is 5.97 Å². The zero-order chi connectivity index (χ0) is 13.0. The van der Waals surface area contributed by atoms with Crippen LogP contribution in [-0.4, -0.2) is 26.3 Å². The summed E-state index contributed by atoms with van der Waals surface area (Å²) < 4.78 is 0. The Morgan fingerprint density at radius 2 is 1.74 bits per heavy atom. The van der Waals surface area contributed by atoms with Crippen molar-refractivity contribution in [2.45, 2.75) is 38.0 Å². The number of hydrogen-bond acceptors (Lipinski definition) is 4.